The van der Waals surface area contributed by atoms with Gasteiger partial charge in [-0.2, -0.15) is 13.2 Å². The van der Waals surface area contributed by atoms with E-state index in [1.165, 1.54) is 11.0 Å². The first kappa shape index (κ1) is 31.7. The van der Waals surface area contributed by atoms with Crippen LogP contribution in [0.25, 0.3) is 0 Å². The van der Waals surface area contributed by atoms with E-state index in [2.05, 4.69) is 5.32 Å². The first-order valence-corrected chi connectivity index (χ1v) is 14.8. The summed E-state index contributed by atoms with van der Waals surface area (Å²) < 4.78 is 66.4. The Morgan fingerprint density at radius 1 is 0.902 bits per heavy atom. The number of anilines is 1. The first-order chi connectivity index (χ1) is 19.1. The lowest BCUT2D eigenvalue weighted by Gasteiger charge is -2.34. The van der Waals surface area contributed by atoms with Gasteiger partial charge in [0.05, 0.1) is 17.5 Å². The second kappa shape index (κ2) is 13.2. The van der Waals surface area contributed by atoms with E-state index in [-0.39, 0.29) is 24.7 Å². The Kier molecular flexibility index (Phi) is 10.2. The van der Waals surface area contributed by atoms with Crippen LogP contribution < -0.4 is 9.62 Å². The number of hydrogen-bond donors (Lipinski definition) is 1. The number of amides is 2. The quantitative estimate of drug-likeness (QED) is 0.343. The lowest BCUT2D eigenvalue weighted by molar-refractivity contribution is -0.140. The highest BCUT2D eigenvalue weighted by Crippen LogP contribution is 2.32. The Bertz CT molecular complexity index is 1460. The summed E-state index contributed by atoms with van der Waals surface area (Å²) in [6, 6.07) is 18.9. The maximum Gasteiger partial charge on any atom is 0.416 e. The van der Waals surface area contributed by atoms with Crippen LogP contribution >= 0.6 is 0 Å². The number of sulfonamides is 1. The molecule has 3 rings (SSSR count). The normalized spacial score (nSPS) is 12.6. The summed E-state index contributed by atoms with van der Waals surface area (Å²) in [6.07, 6.45) is -3.76. The van der Waals surface area contributed by atoms with Crippen LogP contribution in [0.4, 0.5) is 18.9 Å². The van der Waals surface area contributed by atoms with E-state index in [0.29, 0.717) is 15.9 Å². The highest BCUT2D eigenvalue weighted by molar-refractivity contribution is 7.92. The highest BCUT2D eigenvalue weighted by atomic mass is 32.2. The minimum Gasteiger partial charge on any atom is -0.352 e. The lowest BCUT2D eigenvalue weighted by atomic mass is 10.0. The molecule has 0 bridgehead atoms. The Balaban J connectivity index is 2.08. The van der Waals surface area contributed by atoms with Crippen LogP contribution in [-0.2, 0) is 38.8 Å². The standard InChI is InChI=1S/C30H34F3N3O4S/c1-21(2)34-29(38)27(17-23-11-6-5-7-12-23)35(19-24-13-8-10-22(3)16-24)28(37)20-36(41(4,39)40)26-15-9-14-25(18-26)30(31,32)33/h5-16,18,21,27H,17,19-20H2,1-4H3,(H,34,38)/t27-/m0/s1. The van der Waals surface area contributed by atoms with Gasteiger partial charge in [0.1, 0.15) is 12.6 Å². The van der Waals surface area contributed by atoms with Crippen molar-refractivity contribution < 1.29 is 31.2 Å². The van der Waals surface area contributed by atoms with Crippen LogP contribution in [0.2, 0.25) is 0 Å². The molecule has 2 amide bonds. The molecule has 1 N–H and O–H groups in total. The molecule has 220 valence electrons. The number of nitrogens with one attached hydrogen (secondary N) is 1. The molecule has 0 aliphatic heterocycles. The predicted octanol–water partition coefficient (Wildman–Crippen LogP) is 4.94. The van der Waals surface area contributed by atoms with Crippen LogP contribution in [-0.4, -0.2) is 50.0 Å². The van der Waals surface area contributed by atoms with E-state index in [0.717, 1.165) is 29.5 Å². The van der Waals surface area contributed by atoms with E-state index >= 15 is 0 Å². The zero-order chi connectivity index (χ0) is 30.4. The molecular weight excluding hydrogens is 555 g/mol. The molecule has 0 saturated heterocycles. The molecule has 0 radical (unpaired) electrons. The SMILES string of the molecule is Cc1cccc(CN(C(=O)CN(c2cccc(C(F)(F)F)c2)S(C)(=O)=O)[C@@H](Cc2ccccc2)C(=O)NC(C)C)c1. The van der Waals surface area contributed by atoms with Gasteiger partial charge in [-0.05, 0) is 50.1 Å². The fraction of sp³-hybridized carbons (Fsp3) is 0.333. The van der Waals surface area contributed by atoms with E-state index in [1.54, 1.807) is 38.1 Å². The Morgan fingerprint density at radius 3 is 2.12 bits per heavy atom. The van der Waals surface area contributed by atoms with E-state index in [9.17, 15) is 31.2 Å². The molecule has 7 nitrogen and oxygen atoms in total. The van der Waals surface area contributed by atoms with Gasteiger partial charge in [0.25, 0.3) is 0 Å². The molecule has 0 aromatic heterocycles. The van der Waals surface area contributed by atoms with Gasteiger partial charge in [-0.15, -0.1) is 0 Å². The number of aryl methyl sites for hydroxylation is 1. The molecule has 3 aromatic carbocycles. The van der Waals surface area contributed by atoms with Crippen LogP contribution in [0.5, 0.6) is 0 Å². The molecule has 0 fully saturated rings. The maximum atomic E-state index is 14.0. The zero-order valence-corrected chi connectivity index (χ0v) is 24.2. The Morgan fingerprint density at radius 2 is 1.54 bits per heavy atom. The van der Waals surface area contributed by atoms with Crippen molar-refractivity contribution in [3.63, 3.8) is 0 Å². The van der Waals surface area contributed by atoms with Gasteiger partial charge < -0.3 is 10.2 Å². The van der Waals surface area contributed by atoms with Crippen LogP contribution in [0.15, 0.2) is 78.9 Å². The number of rotatable bonds is 11. The summed E-state index contributed by atoms with van der Waals surface area (Å²) in [4.78, 5) is 28.8. The number of carbonyl (C=O) groups is 2. The fourth-order valence-electron chi connectivity index (χ4n) is 4.39. The molecule has 0 saturated carbocycles. The molecule has 0 spiro atoms. The van der Waals surface area contributed by atoms with Crippen LogP contribution in [0, 0.1) is 6.92 Å². The molecule has 0 unspecified atom stereocenters. The molecule has 1 atom stereocenters. The maximum absolute atomic E-state index is 14.0. The first-order valence-electron chi connectivity index (χ1n) is 13.0. The minimum atomic E-state index is -4.71. The molecule has 41 heavy (non-hydrogen) atoms. The topological polar surface area (TPSA) is 86.8 Å². The minimum absolute atomic E-state index is 0.0241. The average Bonchev–Trinajstić information content (AvgIpc) is 2.88. The molecule has 0 aliphatic carbocycles. The van der Waals surface area contributed by atoms with Crippen molar-refractivity contribution in [3.8, 4) is 0 Å². The van der Waals surface area contributed by atoms with Gasteiger partial charge >= 0.3 is 6.18 Å². The van der Waals surface area contributed by atoms with Crippen molar-refractivity contribution >= 4 is 27.5 Å². The summed E-state index contributed by atoms with van der Waals surface area (Å²) in [6.45, 7) is 4.62. The third-order valence-electron chi connectivity index (χ3n) is 6.28. The third-order valence-corrected chi connectivity index (χ3v) is 7.42. The van der Waals surface area contributed by atoms with Gasteiger partial charge in [-0.3, -0.25) is 13.9 Å². The summed E-state index contributed by atoms with van der Waals surface area (Å²) in [5.74, 6) is -1.18. The Labute approximate surface area is 239 Å². The molecule has 0 heterocycles. The summed E-state index contributed by atoms with van der Waals surface area (Å²) >= 11 is 0. The van der Waals surface area contributed by atoms with E-state index in [1.807, 2.05) is 37.3 Å². The van der Waals surface area contributed by atoms with Crippen LogP contribution in [0.3, 0.4) is 0 Å². The summed E-state index contributed by atoms with van der Waals surface area (Å²) in [7, 11) is -4.19. The molecule has 0 aliphatic rings. The van der Waals surface area contributed by atoms with Crippen LogP contribution in [0.1, 0.15) is 36.1 Å². The van der Waals surface area contributed by atoms with E-state index < -0.39 is 46.2 Å². The van der Waals surface area contributed by atoms with Gasteiger partial charge in [0, 0.05) is 19.0 Å². The Hall–Kier alpha value is -3.86. The van der Waals surface area contributed by atoms with Gasteiger partial charge in [0.15, 0.2) is 0 Å². The number of carbonyl (C=O) groups excluding carboxylic acids is 2. The summed E-state index contributed by atoms with van der Waals surface area (Å²) in [5.41, 5.74) is 1.04. The van der Waals surface area contributed by atoms with Crippen molar-refractivity contribution in [1.82, 2.24) is 10.2 Å². The van der Waals surface area contributed by atoms with Crippen molar-refractivity contribution in [2.45, 2.75) is 52.0 Å². The number of hydrogen-bond acceptors (Lipinski definition) is 4. The monoisotopic (exact) mass is 589 g/mol. The predicted molar refractivity (Wildman–Crippen MR) is 153 cm³/mol. The number of alkyl halides is 3. The third kappa shape index (κ3) is 9.07. The smallest absolute Gasteiger partial charge is 0.352 e. The van der Waals surface area contributed by atoms with Crippen molar-refractivity contribution in [3.05, 3.63) is 101 Å². The highest BCUT2D eigenvalue weighted by Gasteiger charge is 2.35. The van der Waals surface area contributed by atoms with Crippen molar-refractivity contribution in [2.24, 2.45) is 0 Å². The number of benzene rings is 3. The summed E-state index contributed by atoms with van der Waals surface area (Å²) in [5, 5.41) is 2.85. The number of nitrogens with zero attached hydrogens (tertiary/aromatic N) is 2. The molecule has 3 aromatic rings. The van der Waals surface area contributed by atoms with Gasteiger partial charge in [-0.25, -0.2) is 8.42 Å². The van der Waals surface area contributed by atoms with Crippen molar-refractivity contribution in [2.75, 3.05) is 17.1 Å². The van der Waals surface area contributed by atoms with Crippen molar-refractivity contribution in [1.29, 1.82) is 0 Å². The zero-order valence-electron chi connectivity index (χ0n) is 23.4. The van der Waals surface area contributed by atoms with Gasteiger partial charge in [-0.1, -0.05) is 66.2 Å². The largest absolute Gasteiger partial charge is 0.416 e. The average molecular weight is 590 g/mol. The van der Waals surface area contributed by atoms with E-state index in [4.69, 9.17) is 0 Å². The lowest BCUT2D eigenvalue weighted by Crippen LogP contribution is -2.54. The molecular formula is C30H34F3N3O4S. The molecule has 11 heteroatoms. The fourth-order valence-corrected chi connectivity index (χ4v) is 5.23. The second-order valence-electron chi connectivity index (χ2n) is 10.2. The number of halogens is 3. The second-order valence-corrected chi connectivity index (χ2v) is 12.1. The van der Waals surface area contributed by atoms with Gasteiger partial charge in [0.2, 0.25) is 21.8 Å².